The summed E-state index contributed by atoms with van der Waals surface area (Å²) in [6.45, 7) is 0.745. The molecule has 1 heterocycles. The van der Waals surface area contributed by atoms with Crippen LogP contribution in [0, 0.1) is 0 Å². The molecule has 1 aliphatic rings. The average molecular weight is 236 g/mol. The number of carbonyl (C=O) groups excluding carboxylic acids is 1. The highest BCUT2D eigenvalue weighted by Gasteiger charge is 2.25. The van der Waals surface area contributed by atoms with E-state index < -0.39 is 0 Å². The first kappa shape index (κ1) is 11.3. The van der Waals surface area contributed by atoms with Gasteiger partial charge in [0.25, 0.3) is 0 Å². The molecule has 0 aliphatic carbocycles. The molecule has 0 saturated carbocycles. The van der Waals surface area contributed by atoms with Crippen LogP contribution in [0.5, 0.6) is 0 Å². The van der Waals surface area contributed by atoms with Crippen molar-refractivity contribution in [3.05, 3.63) is 29.8 Å². The van der Waals surface area contributed by atoms with Crippen LogP contribution in [0.3, 0.4) is 0 Å². The van der Waals surface area contributed by atoms with Crippen LogP contribution in [0.25, 0.3) is 0 Å². The van der Waals surface area contributed by atoms with Crippen LogP contribution in [-0.2, 0) is 11.2 Å². The van der Waals surface area contributed by atoms with Crippen molar-refractivity contribution in [1.29, 1.82) is 0 Å². The third-order valence-corrected chi connectivity index (χ3v) is 3.31. The molecule has 0 fully saturated rings. The lowest BCUT2D eigenvalue weighted by Gasteiger charge is -2.11. The summed E-state index contributed by atoms with van der Waals surface area (Å²) < 4.78 is 0. The van der Waals surface area contributed by atoms with E-state index in [0.717, 1.165) is 24.4 Å². The topological polar surface area (TPSA) is 41.1 Å². The van der Waals surface area contributed by atoms with E-state index in [2.05, 4.69) is 16.7 Å². The molecule has 0 bridgehead atoms. The fraction of sp³-hybridized carbons (Fsp3) is 0.417. The number of amides is 1. The van der Waals surface area contributed by atoms with Gasteiger partial charge in [-0.25, -0.2) is 0 Å². The van der Waals surface area contributed by atoms with Crippen molar-refractivity contribution in [1.82, 2.24) is 5.32 Å². The van der Waals surface area contributed by atoms with Gasteiger partial charge >= 0.3 is 0 Å². The second-order valence-corrected chi connectivity index (χ2v) is 4.83. The maximum Gasteiger partial charge on any atom is 0.242 e. The Balaban J connectivity index is 1.88. The summed E-state index contributed by atoms with van der Waals surface area (Å²) in [5.41, 5.74) is 2.32. The molecule has 2 N–H and O–H groups in total. The van der Waals surface area contributed by atoms with E-state index >= 15 is 0 Å². The molecule has 1 aromatic rings. The minimum atomic E-state index is -0.0979. The van der Waals surface area contributed by atoms with Crippen LogP contribution >= 0.6 is 11.8 Å². The van der Waals surface area contributed by atoms with E-state index in [1.54, 1.807) is 11.8 Å². The van der Waals surface area contributed by atoms with Crippen LogP contribution in [0.1, 0.15) is 5.56 Å². The summed E-state index contributed by atoms with van der Waals surface area (Å²) >= 11 is 1.74. The maximum atomic E-state index is 11.8. The number of benzene rings is 1. The molecule has 16 heavy (non-hydrogen) atoms. The van der Waals surface area contributed by atoms with Gasteiger partial charge in [-0.3, -0.25) is 4.79 Å². The highest BCUT2D eigenvalue weighted by Crippen LogP contribution is 2.24. The number of hydrogen-bond acceptors (Lipinski definition) is 3. The number of rotatable bonds is 4. The largest absolute Gasteiger partial charge is 0.373 e. The van der Waals surface area contributed by atoms with Crippen molar-refractivity contribution in [3.63, 3.8) is 0 Å². The minimum absolute atomic E-state index is 0.0979. The molecule has 1 amide bonds. The molecule has 4 heteroatoms. The van der Waals surface area contributed by atoms with E-state index in [9.17, 15) is 4.79 Å². The quantitative estimate of drug-likeness (QED) is 0.778. The number of carbonyl (C=O) groups is 1. The Labute approximate surface area is 100.0 Å². The Hall–Kier alpha value is -1.16. The molecule has 3 nitrogen and oxygen atoms in total. The molecule has 1 aromatic carbocycles. The number of para-hydroxylation sites is 1. The highest BCUT2D eigenvalue weighted by atomic mass is 32.2. The van der Waals surface area contributed by atoms with Crippen molar-refractivity contribution in [3.8, 4) is 0 Å². The fourth-order valence-electron chi connectivity index (χ4n) is 1.86. The predicted molar refractivity (Wildman–Crippen MR) is 68.9 cm³/mol. The first-order valence-corrected chi connectivity index (χ1v) is 6.81. The number of nitrogens with one attached hydrogen (secondary N) is 2. The first-order chi connectivity index (χ1) is 7.81. The van der Waals surface area contributed by atoms with Crippen LogP contribution < -0.4 is 10.6 Å². The predicted octanol–water partition coefficient (Wildman–Crippen LogP) is 1.50. The summed E-state index contributed by atoms with van der Waals surface area (Å²) in [6.07, 6.45) is 2.83. The maximum absolute atomic E-state index is 11.8. The van der Waals surface area contributed by atoms with Gasteiger partial charge in [-0.05, 0) is 17.9 Å². The van der Waals surface area contributed by atoms with Crippen LogP contribution in [0.15, 0.2) is 24.3 Å². The molecule has 0 unspecified atom stereocenters. The molecule has 86 valence electrons. The third-order valence-electron chi connectivity index (χ3n) is 2.69. The molecule has 0 spiro atoms. The number of fused-ring (bicyclic) bond motifs is 1. The van der Waals surface area contributed by atoms with Gasteiger partial charge in [0.1, 0.15) is 6.04 Å². The van der Waals surface area contributed by atoms with Gasteiger partial charge in [0.05, 0.1) is 0 Å². The van der Waals surface area contributed by atoms with Crippen molar-refractivity contribution >= 4 is 23.4 Å². The van der Waals surface area contributed by atoms with Crippen molar-refractivity contribution in [2.45, 2.75) is 12.5 Å². The Bertz CT molecular complexity index is 356. The van der Waals surface area contributed by atoms with Crippen molar-refractivity contribution in [2.75, 3.05) is 23.9 Å². The fourth-order valence-corrected chi connectivity index (χ4v) is 2.16. The minimum Gasteiger partial charge on any atom is -0.373 e. The Morgan fingerprint density at radius 3 is 3.12 bits per heavy atom. The smallest absolute Gasteiger partial charge is 0.242 e. The normalized spacial score (nSPS) is 17.7. The van der Waals surface area contributed by atoms with E-state index in [1.807, 2.05) is 24.5 Å². The highest BCUT2D eigenvalue weighted by molar-refractivity contribution is 7.98. The van der Waals surface area contributed by atoms with Gasteiger partial charge < -0.3 is 10.6 Å². The van der Waals surface area contributed by atoms with Crippen molar-refractivity contribution in [2.24, 2.45) is 0 Å². The second kappa shape index (κ2) is 5.25. The number of hydrogen-bond donors (Lipinski definition) is 2. The van der Waals surface area contributed by atoms with E-state index in [4.69, 9.17) is 0 Å². The van der Waals surface area contributed by atoms with Crippen LogP contribution in [0.2, 0.25) is 0 Å². The lowest BCUT2D eigenvalue weighted by Crippen LogP contribution is -2.39. The van der Waals surface area contributed by atoms with Gasteiger partial charge in [0.2, 0.25) is 5.91 Å². The summed E-state index contributed by atoms with van der Waals surface area (Å²) in [5, 5.41) is 6.18. The summed E-state index contributed by atoms with van der Waals surface area (Å²) in [6, 6.07) is 7.98. The Kier molecular flexibility index (Phi) is 3.72. The van der Waals surface area contributed by atoms with Crippen molar-refractivity contribution < 1.29 is 4.79 Å². The van der Waals surface area contributed by atoms with Gasteiger partial charge in [0.15, 0.2) is 0 Å². The van der Waals surface area contributed by atoms with Gasteiger partial charge in [-0.1, -0.05) is 18.2 Å². The van der Waals surface area contributed by atoms with E-state index in [1.165, 1.54) is 5.56 Å². The molecular weight excluding hydrogens is 220 g/mol. The van der Waals surface area contributed by atoms with E-state index in [-0.39, 0.29) is 11.9 Å². The monoisotopic (exact) mass is 236 g/mol. The standard InChI is InChI=1S/C12H16N2OS/c1-16-7-6-13-12(15)11-8-9-4-2-3-5-10(9)14-11/h2-5,11,14H,6-8H2,1H3,(H,13,15)/t11-/m0/s1. The zero-order valence-electron chi connectivity index (χ0n) is 9.32. The molecule has 1 aliphatic heterocycles. The van der Waals surface area contributed by atoms with E-state index in [0.29, 0.717) is 0 Å². The molecule has 0 radical (unpaired) electrons. The van der Waals surface area contributed by atoms with Crippen LogP contribution in [-0.4, -0.2) is 30.5 Å². The molecule has 2 rings (SSSR count). The van der Waals surface area contributed by atoms with Gasteiger partial charge in [-0.15, -0.1) is 0 Å². The number of thioether (sulfide) groups is 1. The molecule has 0 saturated heterocycles. The SMILES string of the molecule is CSCCNC(=O)[C@@H]1Cc2ccccc2N1. The molecular formula is C12H16N2OS. The molecule has 1 atom stereocenters. The second-order valence-electron chi connectivity index (χ2n) is 3.84. The zero-order chi connectivity index (χ0) is 11.4. The first-order valence-electron chi connectivity index (χ1n) is 5.42. The lowest BCUT2D eigenvalue weighted by atomic mass is 10.1. The van der Waals surface area contributed by atoms with Crippen LogP contribution in [0.4, 0.5) is 5.69 Å². The zero-order valence-corrected chi connectivity index (χ0v) is 10.1. The Morgan fingerprint density at radius 1 is 1.56 bits per heavy atom. The molecule has 0 aromatic heterocycles. The van der Waals surface area contributed by atoms with Gasteiger partial charge in [-0.2, -0.15) is 11.8 Å². The van der Waals surface area contributed by atoms with Gasteiger partial charge in [0, 0.05) is 24.4 Å². The average Bonchev–Trinajstić information content (AvgIpc) is 2.73. The summed E-state index contributed by atoms with van der Waals surface area (Å²) in [5.74, 6) is 1.07. The lowest BCUT2D eigenvalue weighted by molar-refractivity contribution is -0.121. The number of anilines is 1. The third kappa shape index (κ3) is 2.50. The Morgan fingerprint density at radius 2 is 2.38 bits per heavy atom. The summed E-state index contributed by atoms with van der Waals surface area (Å²) in [7, 11) is 0. The summed E-state index contributed by atoms with van der Waals surface area (Å²) in [4.78, 5) is 11.8.